The number of nitrogens with one attached hydrogen (secondary N) is 1. The predicted octanol–water partition coefficient (Wildman–Crippen LogP) is 2.72. The molecule has 3 rings (SSSR count). The first-order valence-electron chi connectivity index (χ1n) is 7.56. The Balaban J connectivity index is 1.84. The van der Waals surface area contributed by atoms with E-state index in [-0.39, 0.29) is 6.61 Å². The van der Waals surface area contributed by atoms with E-state index < -0.39 is 18.5 Å². The number of benzene rings is 2. The molecule has 7 heteroatoms. The highest BCUT2D eigenvalue weighted by Crippen LogP contribution is 2.36. The summed E-state index contributed by atoms with van der Waals surface area (Å²) in [5, 5.41) is 4.50. The molecule has 7 nitrogen and oxygen atoms in total. The molecule has 0 atom stereocenters. The minimum Gasteiger partial charge on any atom is -0.495 e. The minimum atomic E-state index is -0.614. The Hall–Kier alpha value is -3.06. The van der Waals surface area contributed by atoms with Crippen LogP contribution in [0.4, 0.5) is 5.69 Å². The number of carbonyl (C=O) groups is 2. The number of rotatable bonds is 6. The number of ether oxygens (including phenoxy) is 3. The van der Waals surface area contributed by atoms with Crippen LogP contribution in [0.2, 0.25) is 0 Å². The summed E-state index contributed by atoms with van der Waals surface area (Å²) >= 11 is 0. The van der Waals surface area contributed by atoms with Gasteiger partial charge in [-0.3, -0.25) is 4.79 Å². The second-order valence-corrected chi connectivity index (χ2v) is 5.29. The Morgan fingerprint density at radius 2 is 1.84 bits per heavy atom. The molecule has 0 aliphatic rings. The topological polar surface area (TPSA) is 87.0 Å². The molecule has 1 aromatic heterocycles. The molecule has 3 aromatic rings. The molecule has 0 saturated carbocycles. The first kappa shape index (κ1) is 16.8. The zero-order valence-electron chi connectivity index (χ0n) is 13.8. The third-order valence-electron chi connectivity index (χ3n) is 3.60. The molecule has 0 unspecified atom stereocenters. The van der Waals surface area contributed by atoms with Crippen LogP contribution in [0.1, 0.15) is 0 Å². The summed E-state index contributed by atoms with van der Waals surface area (Å²) < 4.78 is 20.6. The summed E-state index contributed by atoms with van der Waals surface area (Å²) in [7, 11) is 2.88. The number of fused-ring (bicyclic) bond motifs is 3. The van der Waals surface area contributed by atoms with Crippen LogP contribution in [0, 0.1) is 0 Å². The zero-order chi connectivity index (χ0) is 17.8. The van der Waals surface area contributed by atoms with Gasteiger partial charge in [-0.05, 0) is 12.1 Å². The highest BCUT2D eigenvalue weighted by atomic mass is 16.6. The molecule has 25 heavy (non-hydrogen) atoms. The maximum absolute atomic E-state index is 12.0. The van der Waals surface area contributed by atoms with E-state index in [2.05, 4.69) is 10.1 Å². The molecule has 0 saturated heterocycles. The number of hydrogen-bond donors (Lipinski definition) is 1. The molecule has 0 fully saturated rings. The molecule has 0 aliphatic carbocycles. The van der Waals surface area contributed by atoms with Crippen LogP contribution < -0.4 is 10.1 Å². The van der Waals surface area contributed by atoms with Gasteiger partial charge in [-0.15, -0.1) is 0 Å². The molecule has 0 aliphatic heterocycles. The fourth-order valence-electron chi connectivity index (χ4n) is 2.51. The number of esters is 1. The minimum absolute atomic E-state index is 0.207. The largest absolute Gasteiger partial charge is 0.495 e. The van der Waals surface area contributed by atoms with E-state index in [1.165, 1.54) is 14.2 Å². The van der Waals surface area contributed by atoms with Crippen molar-refractivity contribution < 1.29 is 28.2 Å². The lowest BCUT2D eigenvalue weighted by molar-refractivity contribution is -0.150. The second-order valence-electron chi connectivity index (χ2n) is 5.29. The summed E-state index contributed by atoms with van der Waals surface area (Å²) in [6.45, 7) is -0.620. The standard InChI is InChI=1S/C18H17NO6/c1-22-10-18(21)24-9-17(20)19-13-8-15-12(7-16(13)23-2)11-5-3-4-6-14(11)25-15/h3-8H,9-10H2,1-2H3,(H,19,20). The van der Waals surface area contributed by atoms with Gasteiger partial charge in [0.2, 0.25) is 0 Å². The van der Waals surface area contributed by atoms with Crippen molar-refractivity contribution in [2.24, 2.45) is 0 Å². The highest BCUT2D eigenvalue weighted by Gasteiger charge is 2.15. The van der Waals surface area contributed by atoms with Gasteiger partial charge in [0.05, 0.1) is 12.8 Å². The van der Waals surface area contributed by atoms with Crippen molar-refractivity contribution in [2.45, 2.75) is 0 Å². The van der Waals surface area contributed by atoms with E-state index in [0.717, 1.165) is 16.4 Å². The van der Waals surface area contributed by atoms with Gasteiger partial charge in [-0.25, -0.2) is 4.79 Å². The molecular formula is C18H17NO6. The van der Waals surface area contributed by atoms with Crippen LogP contribution in [0.25, 0.3) is 21.9 Å². The molecule has 0 spiro atoms. The lowest BCUT2D eigenvalue weighted by Crippen LogP contribution is -2.22. The monoisotopic (exact) mass is 343 g/mol. The fraction of sp³-hybridized carbons (Fsp3) is 0.222. The van der Waals surface area contributed by atoms with E-state index in [1.807, 2.05) is 24.3 Å². The van der Waals surface area contributed by atoms with E-state index in [9.17, 15) is 9.59 Å². The van der Waals surface area contributed by atoms with Crippen molar-refractivity contribution in [1.82, 2.24) is 0 Å². The molecule has 1 heterocycles. The van der Waals surface area contributed by atoms with Crippen LogP contribution in [0.15, 0.2) is 40.8 Å². The third kappa shape index (κ3) is 3.56. The van der Waals surface area contributed by atoms with Gasteiger partial charge < -0.3 is 23.9 Å². The molecule has 130 valence electrons. The number of furan rings is 1. The number of carbonyl (C=O) groups excluding carboxylic acids is 2. The first-order chi connectivity index (χ1) is 12.1. The lowest BCUT2D eigenvalue weighted by atomic mass is 10.1. The summed E-state index contributed by atoms with van der Waals surface area (Å²) in [6.07, 6.45) is 0. The SMILES string of the molecule is COCC(=O)OCC(=O)Nc1cc2oc3ccccc3c2cc1OC. The third-order valence-corrected chi connectivity index (χ3v) is 3.60. The van der Waals surface area contributed by atoms with Gasteiger partial charge in [0.1, 0.15) is 23.5 Å². The van der Waals surface area contributed by atoms with Crippen LogP contribution in [0.3, 0.4) is 0 Å². The molecule has 1 N–H and O–H groups in total. The Morgan fingerprint density at radius 3 is 2.60 bits per heavy atom. The van der Waals surface area contributed by atoms with E-state index >= 15 is 0 Å². The Labute approximate surface area is 143 Å². The molecule has 0 bridgehead atoms. The number of methoxy groups -OCH3 is 2. The molecule has 0 radical (unpaired) electrons. The average Bonchev–Trinajstić information content (AvgIpc) is 2.97. The molecule has 2 aromatic carbocycles. The molecular weight excluding hydrogens is 326 g/mol. The predicted molar refractivity (Wildman–Crippen MR) is 91.7 cm³/mol. The van der Waals surface area contributed by atoms with E-state index in [4.69, 9.17) is 13.9 Å². The fourth-order valence-corrected chi connectivity index (χ4v) is 2.51. The quantitative estimate of drug-likeness (QED) is 0.693. The average molecular weight is 343 g/mol. The van der Waals surface area contributed by atoms with Gasteiger partial charge in [0.15, 0.2) is 6.61 Å². The van der Waals surface area contributed by atoms with Gasteiger partial charge in [-0.2, -0.15) is 0 Å². The van der Waals surface area contributed by atoms with Crippen LogP contribution >= 0.6 is 0 Å². The van der Waals surface area contributed by atoms with Gasteiger partial charge in [0.25, 0.3) is 5.91 Å². The van der Waals surface area contributed by atoms with Gasteiger partial charge in [-0.1, -0.05) is 18.2 Å². The summed E-state index contributed by atoms with van der Waals surface area (Å²) in [5.41, 5.74) is 1.80. The van der Waals surface area contributed by atoms with Gasteiger partial charge >= 0.3 is 5.97 Å². The Bertz CT molecular complexity index is 930. The Kier molecular flexibility index (Phi) is 4.85. The van der Waals surface area contributed by atoms with Gasteiger partial charge in [0, 0.05) is 23.9 Å². The second kappa shape index (κ2) is 7.23. The number of anilines is 1. The number of hydrogen-bond acceptors (Lipinski definition) is 6. The summed E-state index contributed by atoms with van der Waals surface area (Å²) in [5.74, 6) is -0.619. The van der Waals surface area contributed by atoms with E-state index in [0.29, 0.717) is 17.0 Å². The number of para-hydroxylation sites is 1. The van der Waals surface area contributed by atoms with Crippen LogP contribution in [-0.2, 0) is 19.1 Å². The zero-order valence-corrected chi connectivity index (χ0v) is 13.8. The normalized spacial score (nSPS) is 10.8. The first-order valence-corrected chi connectivity index (χ1v) is 7.56. The maximum atomic E-state index is 12.0. The lowest BCUT2D eigenvalue weighted by Gasteiger charge is -2.10. The van der Waals surface area contributed by atoms with Crippen molar-refractivity contribution >= 4 is 39.5 Å². The van der Waals surface area contributed by atoms with E-state index in [1.54, 1.807) is 12.1 Å². The van der Waals surface area contributed by atoms with Crippen LogP contribution in [0.5, 0.6) is 5.75 Å². The smallest absolute Gasteiger partial charge is 0.332 e. The van der Waals surface area contributed by atoms with Crippen molar-refractivity contribution in [3.63, 3.8) is 0 Å². The summed E-state index contributed by atoms with van der Waals surface area (Å²) in [4.78, 5) is 23.2. The molecule has 1 amide bonds. The van der Waals surface area contributed by atoms with Crippen molar-refractivity contribution in [3.05, 3.63) is 36.4 Å². The maximum Gasteiger partial charge on any atom is 0.332 e. The Morgan fingerprint density at radius 1 is 1.04 bits per heavy atom. The van der Waals surface area contributed by atoms with Crippen molar-refractivity contribution in [2.75, 3.05) is 32.8 Å². The van der Waals surface area contributed by atoms with Crippen molar-refractivity contribution in [3.8, 4) is 5.75 Å². The van der Waals surface area contributed by atoms with Crippen molar-refractivity contribution in [1.29, 1.82) is 0 Å². The highest BCUT2D eigenvalue weighted by molar-refractivity contribution is 6.07. The number of amides is 1. The van der Waals surface area contributed by atoms with Crippen LogP contribution in [-0.4, -0.2) is 39.3 Å². The summed E-state index contributed by atoms with van der Waals surface area (Å²) in [6, 6.07) is 11.1.